The van der Waals surface area contributed by atoms with Gasteiger partial charge in [0.15, 0.2) is 0 Å². The van der Waals surface area contributed by atoms with Gasteiger partial charge in [-0.2, -0.15) is 11.3 Å². The summed E-state index contributed by atoms with van der Waals surface area (Å²) in [4.78, 5) is 1.29. The van der Waals surface area contributed by atoms with Crippen molar-refractivity contribution in [3.63, 3.8) is 0 Å². The van der Waals surface area contributed by atoms with Crippen molar-refractivity contribution in [3.05, 3.63) is 33.0 Å². The Hall–Kier alpha value is -0.780. The summed E-state index contributed by atoms with van der Waals surface area (Å²) in [5.74, 6) is 0. The van der Waals surface area contributed by atoms with Gasteiger partial charge < -0.3 is 5.32 Å². The van der Waals surface area contributed by atoms with Crippen LogP contribution in [0.15, 0.2) is 16.8 Å². The van der Waals surface area contributed by atoms with Gasteiger partial charge >= 0.3 is 0 Å². The summed E-state index contributed by atoms with van der Waals surface area (Å²) in [6, 6.07) is 2.54. The number of nitrogens with zero attached hydrogens (tertiary/aromatic N) is 2. The highest BCUT2D eigenvalue weighted by molar-refractivity contribution is 7.08. The molecule has 0 fully saturated rings. The molecule has 0 spiro atoms. The van der Waals surface area contributed by atoms with E-state index < -0.39 is 0 Å². The minimum Gasteiger partial charge on any atom is -0.309 e. The van der Waals surface area contributed by atoms with Crippen LogP contribution < -0.4 is 5.32 Å². The zero-order valence-corrected chi connectivity index (χ0v) is 11.8. The van der Waals surface area contributed by atoms with Crippen LogP contribution >= 0.6 is 22.9 Å². The molecule has 2 aromatic rings. The molecule has 2 heterocycles. The maximum Gasteiger partial charge on any atom is 0.0801 e. The Labute approximate surface area is 110 Å². The average Bonchev–Trinajstić information content (AvgIpc) is 2.98. The van der Waals surface area contributed by atoms with Gasteiger partial charge in [-0.15, -0.1) is 5.10 Å². The van der Waals surface area contributed by atoms with Crippen molar-refractivity contribution in [2.75, 3.05) is 6.54 Å². The highest BCUT2D eigenvalue weighted by atomic mass is 32.1. The van der Waals surface area contributed by atoms with Gasteiger partial charge in [-0.3, -0.25) is 0 Å². The second kappa shape index (κ2) is 6.23. The number of thiophene rings is 1. The highest BCUT2D eigenvalue weighted by Gasteiger charge is 2.18. The van der Waals surface area contributed by atoms with Crippen LogP contribution in [0.3, 0.4) is 0 Å². The standard InChI is InChI=1S/C12H17N3S2/c1-3-10-12(17-15-14-10)11(13-4-2)7-9-5-6-16-8-9/h5-6,8,11,13H,3-4,7H2,1-2H3. The number of aryl methyl sites for hydroxylation is 1. The van der Waals surface area contributed by atoms with Crippen LogP contribution in [0.1, 0.15) is 36.0 Å². The van der Waals surface area contributed by atoms with Crippen LogP contribution in [0.2, 0.25) is 0 Å². The molecule has 0 aliphatic carbocycles. The topological polar surface area (TPSA) is 37.8 Å². The number of likely N-dealkylation sites (N-methyl/N-ethyl adjacent to an activating group) is 1. The molecule has 0 amide bonds. The monoisotopic (exact) mass is 267 g/mol. The third-order valence-electron chi connectivity index (χ3n) is 2.71. The summed E-state index contributed by atoms with van der Waals surface area (Å²) in [5.41, 5.74) is 2.52. The summed E-state index contributed by atoms with van der Waals surface area (Å²) in [6.45, 7) is 5.24. The molecule has 0 saturated carbocycles. The van der Waals surface area contributed by atoms with Gasteiger partial charge in [0.05, 0.1) is 10.6 Å². The second-order valence-corrected chi connectivity index (χ2v) is 5.45. The average molecular weight is 267 g/mol. The van der Waals surface area contributed by atoms with E-state index in [-0.39, 0.29) is 0 Å². The molecule has 17 heavy (non-hydrogen) atoms. The number of aromatic nitrogens is 2. The summed E-state index contributed by atoms with van der Waals surface area (Å²) in [6.07, 6.45) is 1.98. The molecule has 0 radical (unpaired) electrons. The number of rotatable bonds is 6. The number of hydrogen-bond donors (Lipinski definition) is 1. The van der Waals surface area contributed by atoms with Crippen LogP contribution in [0.25, 0.3) is 0 Å². The quantitative estimate of drug-likeness (QED) is 0.874. The summed E-state index contributed by atoms with van der Waals surface area (Å²) in [7, 11) is 0. The first-order chi connectivity index (χ1) is 8.35. The predicted molar refractivity (Wildman–Crippen MR) is 73.7 cm³/mol. The van der Waals surface area contributed by atoms with Gasteiger partial charge in [-0.05, 0) is 53.3 Å². The van der Waals surface area contributed by atoms with E-state index in [1.807, 2.05) is 0 Å². The first kappa shape index (κ1) is 12.7. The fourth-order valence-corrected chi connectivity index (χ4v) is 3.37. The summed E-state index contributed by atoms with van der Waals surface area (Å²) in [5, 5.41) is 12.1. The zero-order chi connectivity index (χ0) is 12.1. The van der Waals surface area contributed by atoms with Crippen LogP contribution in [0, 0.1) is 0 Å². The molecule has 1 N–H and O–H groups in total. The van der Waals surface area contributed by atoms with Crippen molar-refractivity contribution < 1.29 is 0 Å². The fraction of sp³-hybridized carbons (Fsp3) is 0.500. The molecule has 3 nitrogen and oxygen atoms in total. The maximum atomic E-state index is 4.20. The second-order valence-electron chi connectivity index (χ2n) is 3.88. The normalized spacial score (nSPS) is 12.8. The van der Waals surface area contributed by atoms with Crippen LogP contribution in [-0.2, 0) is 12.8 Å². The minimum absolute atomic E-state index is 0.351. The smallest absolute Gasteiger partial charge is 0.0801 e. The lowest BCUT2D eigenvalue weighted by Crippen LogP contribution is -2.23. The van der Waals surface area contributed by atoms with E-state index in [2.05, 4.69) is 45.6 Å². The molecule has 1 atom stereocenters. The molecule has 1 unspecified atom stereocenters. The summed E-state index contributed by atoms with van der Waals surface area (Å²) >= 11 is 3.28. The number of nitrogens with one attached hydrogen (secondary N) is 1. The van der Waals surface area contributed by atoms with Gasteiger partial charge in [0.2, 0.25) is 0 Å². The molecular formula is C12H17N3S2. The van der Waals surface area contributed by atoms with Gasteiger partial charge in [0.25, 0.3) is 0 Å². The third-order valence-corrected chi connectivity index (χ3v) is 4.32. The summed E-state index contributed by atoms with van der Waals surface area (Å²) < 4.78 is 4.08. The first-order valence-electron chi connectivity index (χ1n) is 5.90. The van der Waals surface area contributed by atoms with Gasteiger partial charge in [0.1, 0.15) is 0 Å². The van der Waals surface area contributed by atoms with Crippen molar-refractivity contribution in [1.82, 2.24) is 14.9 Å². The van der Waals surface area contributed by atoms with E-state index >= 15 is 0 Å². The number of hydrogen-bond acceptors (Lipinski definition) is 5. The largest absolute Gasteiger partial charge is 0.309 e. The van der Waals surface area contributed by atoms with Crippen molar-refractivity contribution in [3.8, 4) is 0 Å². The van der Waals surface area contributed by atoms with E-state index in [1.165, 1.54) is 22.0 Å². The maximum absolute atomic E-state index is 4.20. The van der Waals surface area contributed by atoms with Gasteiger partial charge in [-0.25, -0.2) is 0 Å². The van der Waals surface area contributed by atoms with Crippen molar-refractivity contribution in [2.45, 2.75) is 32.7 Å². The predicted octanol–water partition coefficient (Wildman–Crippen LogP) is 3.06. The van der Waals surface area contributed by atoms with E-state index in [1.54, 1.807) is 11.3 Å². The van der Waals surface area contributed by atoms with Crippen LogP contribution in [-0.4, -0.2) is 16.1 Å². The van der Waals surface area contributed by atoms with E-state index in [0.29, 0.717) is 6.04 Å². The van der Waals surface area contributed by atoms with E-state index in [0.717, 1.165) is 25.1 Å². The fourth-order valence-electron chi connectivity index (χ4n) is 1.87. The van der Waals surface area contributed by atoms with Gasteiger partial charge in [0, 0.05) is 6.04 Å². The Kier molecular flexibility index (Phi) is 4.65. The SMILES string of the molecule is CCNC(Cc1ccsc1)c1snnc1CC. The van der Waals surface area contributed by atoms with Crippen LogP contribution in [0.5, 0.6) is 0 Å². The molecule has 2 rings (SSSR count). The molecule has 0 aliphatic rings. The molecular weight excluding hydrogens is 250 g/mol. The molecule has 2 aromatic heterocycles. The van der Waals surface area contributed by atoms with E-state index in [4.69, 9.17) is 0 Å². The third kappa shape index (κ3) is 3.12. The van der Waals surface area contributed by atoms with Gasteiger partial charge in [-0.1, -0.05) is 18.3 Å². The van der Waals surface area contributed by atoms with Crippen molar-refractivity contribution in [1.29, 1.82) is 0 Å². The minimum atomic E-state index is 0.351. The highest BCUT2D eigenvalue weighted by Crippen LogP contribution is 2.25. The first-order valence-corrected chi connectivity index (χ1v) is 7.62. The molecule has 0 aromatic carbocycles. The zero-order valence-electron chi connectivity index (χ0n) is 10.1. The van der Waals surface area contributed by atoms with E-state index in [9.17, 15) is 0 Å². The van der Waals surface area contributed by atoms with Crippen LogP contribution in [0.4, 0.5) is 0 Å². The lowest BCUT2D eigenvalue weighted by atomic mass is 10.1. The molecule has 5 heteroatoms. The Morgan fingerprint density at radius 2 is 2.29 bits per heavy atom. The Morgan fingerprint density at radius 3 is 2.94 bits per heavy atom. The Morgan fingerprint density at radius 1 is 1.41 bits per heavy atom. The molecule has 0 saturated heterocycles. The molecule has 0 aliphatic heterocycles. The van der Waals surface area contributed by atoms with Crippen molar-refractivity contribution in [2.24, 2.45) is 0 Å². The Bertz CT molecular complexity index is 436. The molecule has 92 valence electrons. The lowest BCUT2D eigenvalue weighted by Gasteiger charge is -2.16. The lowest BCUT2D eigenvalue weighted by molar-refractivity contribution is 0.553. The van der Waals surface area contributed by atoms with Crippen molar-refractivity contribution >= 4 is 22.9 Å². The molecule has 0 bridgehead atoms. The Balaban J connectivity index is 2.16.